The van der Waals surface area contributed by atoms with Crippen LogP contribution in [0.1, 0.15) is 31.1 Å². The van der Waals surface area contributed by atoms with Crippen LogP contribution in [0.15, 0.2) is 36.4 Å². The highest BCUT2D eigenvalue weighted by molar-refractivity contribution is 6.43. The molecule has 4 amide bonds. The predicted octanol–water partition coefficient (Wildman–Crippen LogP) is 2.13. The summed E-state index contributed by atoms with van der Waals surface area (Å²) in [5.41, 5.74) is 0.761. The van der Waals surface area contributed by atoms with Gasteiger partial charge in [0.15, 0.2) is 0 Å². The van der Waals surface area contributed by atoms with Gasteiger partial charge in [-0.1, -0.05) is 23.2 Å². The average molecular weight is 464 g/mol. The third-order valence-electron chi connectivity index (χ3n) is 4.37. The van der Waals surface area contributed by atoms with Crippen molar-refractivity contribution in [2.75, 3.05) is 25.5 Å². The number of amides is 4. The summed E-state index contributed by atoms with van der Waals surface area (Å²) >= 11 is 11.8. The number of esters is 1. The van der Waals surface area contributed by atoms with E-state index in [4.69, 9.17) is 23.2 Å². The van der Waals surface area contributed by atoms with E-state index in [0.717, 1.165) is 4.90 Å². The minimum atomic E-state index is -0.647. The van der Waals surface area contributed by atoms with Gasteiger partial charge >= 0.3 is 5.97 Å². The quantitative estimate of drug-likeness (QED) is 0.499. The number of hydrogen-bond acceptors (Lipinski definition) is 6. The summed E-state index contributed by atoms with van der Waals surface area (Å²) in [5, 5.41) is 5.18. The average Bonchev–Trinajstić information content (AvgIpc) is 2.96. The maximum Gasteiger partial charge on any atom is 0.325 e. The lowest BCUT2D eigenvalue weighted by Crippen LogP contribution is -2.37. The highest BCUT2D eigenvalue weighted by atomic mass is 35.5. The molecule has 3 rings (SSSR count). The number of halogens is 2. The van der Waals surface area contributed by atoms with E-state index in [-0.39, 0.29) is 33.3 Å². The molecular weight excluding hydrogens is 449 g/mol. The summed E-state index contributed by atoms with van der Waals surface area (Å²) in [6.07, 6.45) is 0. The Balaban J connectivity index is 1.61. The third-order valence-corrected chi connectivity index (χ3v) is 5.09. The van der Waals surface area contributed by atoms with Crippen molar-refractivity contribution < 1.29 is 28.7 Å². The van der Waals surface area contributed by atoms with Crippen LogP contribution in [0.4, 0.5) is 5.69 Å². The molecule has 160 valence electrons. The Kier molecular flexibility index (Phi) is 6.57. The van der Waals surface area contributed by atoms with Gasteiger partial charge in [-0.3, -0.25) is 28.9 Å². The SMILES string of the molecule is COC(=O)CNC(=O)c1ccc(NC(=O)CN2C(=O)c3cc(Cl)c(Cl)cc3C2=O)cc1. The fourth-order valence-electron chi connectivity index (χ4n) is 2.80. The molecule has 0 fully saturated rings. The van der Waals surface area contributed by atoms with Crippen LogP contribution in [0, 0.1) is 0 Å². The van der Waals surface area contributed by atoms with E-state index in [0.29, 0.717) is 5.69 Å². The zero-order chi connectivity index (χ0) is 22.7. The Bertz CT molecular complexity index is 1060. The van der Waals surface area contributed by atoms with Crippen LogP contribution in [-0.4, -0.2) is 54.7 Å². The molecule has 2 aromatic rings. The molecule has 0 unspecified atom stereocenters. The van der Waals surface area contributed by atoms with E-state index < -0.39 is 36.1 Å². The summed E-state index contributed by atoms with van der Waals surface area (Å²) in [7, 11) is 1.21. The lowest BCUT2D eigenvalue weighted by atomic mass is 10.1. The van der Waals surface area contributed by atoms with E-state index in [1.54, 1.807) is 0 Å². The van der Waals surface area contributed by atoms with Crippen molar-refractivity contribution >= 4 is 58.5 Å². The standard InChI is InChI=1S/C20H15Cl2N3O6/c1-31-17(27)8-23-18(28)10-2-4-11(5-3-10)24-16(26)9-25-19(29)12-6-14(21)15(22)7-13(12)20(25)30/h2-7H,8-9H2,1H3,(H,23,28)(H,24,26). The summed E-state index contributed by atoms with van der Waals surface area (Å²) in [6, 6.07) is 8.39. The molecule has 0 radical (unpaired) electrons. The van der Waals surface area contributed by atoms with Crippen LogP contribution >= 0.6 is 23.2 Å². The molecule has 11 heteroatoms. The summed E-state index contributed by atoms with van der Waals surface area (Å²) in [4.78, 5) is 61.1. The zero-order valence-corrected chi connectivity index (χ0v) is 17.5. The van der Waals surface area contributed by atoms with Crippen LogP contribution in [0.2, 0.25) is 10.0 Å². The maximum absolute atomic E-state index is 12.5. The van der Waals surface area contributed by atoms with Gasteiger partial charge in [-0.15, -0.1) is 0 Å². The van der Waals surface area contributed by atoms with E-state index in [9.17, 15) is 24.0 Å². The normalized spacial score (nSPS) is 12.4. The first-order valence-corrected chi connectivity index (χ1v) is 9.57. The molecule has 0 bridgehead atoms. The second-order valence-corrected chi connectivity index (χ2v) is 7.21. The van der Waals surface area contributed by atoms with Gasteiger partial charge in [-0.2, -0.15) is 0 Å². The number of methoxy groups -OCH3 is 1. The van der Waals surface area contributed by atoms with Gasteiger partial charge in [0.1, 0.15) is 13.1 Å². The summed E-state index contributed by atoms with van der Waals surface area (Å²) < 4.78 is 4.44. The number of fused-ring (bicyclic) bond motifs is 1. The first-order valence-electron chi connectivity index (χ1n) is 8.81. The molecule has 2 aromatic carbocycles. The second-order valence-electron chi connectivity index (χ2n) is 6.39. The number of imide groups is 1. The number of nitrogens with one attached hydrogen (secondary N) is 2. The van der Waals surface area contributed by atoms with Crippen molar-refractivity contribution in [1.29, 1.82) is 0 Å². The van der Waals surface area contributed by atoms with Crippen LogP contribution in [0.5, 0.6) is 0 Å². The van der Waals surface area contributed by atoms with Gasteiger partial charge < -0.3 is 15.4 Å². The van der Waals surface area contributed by atoms with Gasteiger partial charge in [-0.05, 0) is 36.4 Å². The molecule has 9 nitrogen and oxygen atoms in total. The van der Waals surface area contributed by atoms with Crippen LogP contribution in [0.3, 0.4) is 0 Å². The fourth-order valence-corrected chi connectivity index (χ4v) is 3.13. The van der Waals surface area contributed by atoms with Gasteiger partial charge in [0.05, 0.1) is 28.3 Å². The minimum Gasteiger partial charge on any atom is -0.468 e. The molecule has 0 atom stereocenters. The monoisotopic (exact) mass is 463 g/mol. The van der Waals surface area contributed by atoms with Gasteiger partial charge in [-0.25, -0.2) is 0 Å². The molecule has 1 aliphatic rings. The fraction of sp³-hybridized carbons (Fsp3) is 0.150. The predicted molar refractivity (Wildman–Crippen MR) is 111 cm³/mol. The first-order chi connectivity index (χ1) is 14.7. The Morgan fingerprint density at radius 1 is 0.968 bits per heavy atom. The minimum absolute atomic E-state index is 0.0783. The second kappa shape index (κ2) is 9.15. The van der Waals surface area contributed by atoms with Crippen LogP contribution in [-0.2, 0) is 14.3 Å². The van der Waals surface area contributed by atoms with E-state index in [1.807, 2.05) is 0 Å². The lowest BCUT2D eigenvalue weighted by molar-refractivity contribution is -0.139. The molecule has 0 saturated heterocycles. The van der Waals surface area contributed by atoms with Crippen molar-refractivity contribution in [3.05, 3.63) is 63.1 Å². The van der Waals surface area contributed by atoms with Crippen molar-refractivity contribution in [2.24, 2.45) is 0 Å². The first kappa shape index (κ1) is 22.3. The number of carbonyl (C=O) groups is 5. The molecule has 0 spiro atoms. The van der Waals surface area contributed by atoms with E-state index in [1.165, 1.54) is 43.5 Å². The Morgan fingerprint density at radius 2 is 1.52 bits per heavy atom. The molecule has 0 aliphatic carbocycles. The number of rotatable bonds is 6. The number of anilines is 1. The number of benzene rings is 2. The molecule has 2 N–H and O–H groups in total. The lowest BCUT2D eigenvalue weighted by Gasteiger charge is -2.13. The van der Waals surface area contributed by atoms with Crippen molar-refractivity contribution in [2.45, 2.75) is 0 Å². The van der Waals surface area contributed by atoms with Gasteiger partial charge in [0.25, 0.3) is 17.7 Å². The molecule has 1 heterocycles. The van der Waals surface area contributed by atoms with Gasteiger partial charge in [0, 0.05) is 11.3 Å². The summed E-state index contributed by atoms with van der Waals surface area (Å²) in [6.45, 7) is -0.784. The highest BCUT2D eigenvalue weighted by Crippen LogP contribution is 2.31. The topological polar surface area (TPSA) is 122 Å². The number of carbonyl (C=O) groups excluding carboxylic acids is 5. The molecule has 31 heavy (non-hydrogen) atoms. The van der Waals surface area contributed by atoms with Crippen molar-refractivity contribution in [3.8, 4) is 0 Å². The highest BCUT2D eigenvalue weighted by Gasteiger charge is 2.37. The summed E-state index contributed by atoms with van der Waals surface area (Å²) in [5.74, 6) is -2.99. The number of ether oxygens (including phenoxy) is 1. The Morgan fingerprint density at radius 3 is 2.03 bits per heavy atom. The molecule has 0 aromatic heterocycles. The van der Waals surface area contributed by atoms with E-state index >= 15 is 0 Å². The van der Waals surface area contributed by atoms with Crippen LogP contribution < -0.4 is 10.6 Å². The smallest absolute Gasteiger partial charge is 0.325 e. The van der Waals surface area contributed by atoms with Crippen molar-refractivity contribution in [1.82, 2.24) is 10.2 Å². The molecular formula is C20H15Cl2N3O6. The van der Waals surface area contributed by atoms with Crippen LogP contribution in [0.25, 0.3) is 0 Å². The third kappa shape index (κ3) is 4.84. The number of nitrogens with zero attached hydrogens (tertiary/aromatic N) is 1. The number of hydrogen-bond donors (Lipinski definition) is 2. The molecule has 0 saturated carbocycles. The Labute approximate surface area is 186 Å². The molecule has 1 aliphatic heterocycles. The largest absolute Gasteiger partial charge is 0.468 e. The zero-order valence-electron chi connectivity index (χ0n) is 16.0. The van der Waals surface area contributed by atoms with Crippen molar-refractivity contribution in [3.63, 3.8) is 0 Å². The van der Waals surface area contributed by atoms with E-state index in [2.05, 4.69) is 15.4 Å². The maximum atomic E-state index is 12.5. The van der Waals surface area contributed by atoms with Gasteiger partial charge in [0.2, 0.25) is 5.91 Å². The Hall–Kier alpha value is -3.43.